The molecule has 0 spiro atoms. The van der Waals surface area contributed by atoms with Gasteiger partial charge in [0.05, 0.1) is 0 Å². The molecule has 0 aliphatic carbocycles. The second-order valence-corrected chi connectivity index (χ2v) is 2.98. The average Bonchev–Trinajstić information content (AvgIpc) is 2.66. The Morgan fingerprint density at radius 1 is 1.60 bits per heavy atom. The molecular formula is C9H15N3O3. The largest absolute Gasteiger partial charge is 0.476 e. The Hall–Kier alpha value is -1.56. The number of nitrogens with zero attached hydrogens (tertiary/aromatic N) is 1. The highest BCUT2D eigenvalue weighted by Gasteiger charge is 2.09. The van der Waals surface area contributed by atoms with E-state index < -0.39 is 5.97 Å². The molecule has 1 aromatic rings. The predicted octanol–water partition coefficient (Wildman–Crippen LogP) is 0.784. The number of aromatic carboxylic acids is 1. The van der Waals surface area contributed by atoms with Gasteiger partial charge < -0.3 is 20.2 Å². The number of aromatic nitrogens is 1. The number of carboxylic acids is 1. The fraction of sp³-hybridized carbons (Fsp3) is 0.556. The number of carboxylic acid groups (broad SMARTS) is 1. The highest BCUT2D eigenvalue weighted by atomic mass is 16.4. The molecule has 6 heteroatoms. The van der Waals surface area contributed by atoms with Crippen molar-refractivity contribution in [3.8, 4) is 0 Å². The standard InChI is InChI=1S/C9H15N3O3/c1-2-10-4-3-5-11-9-12-7(6-15-9)8(13)14/h6,10H,2-5H2,1H3,(H,11,12)(H,13,14). The van der Waals surface area contributed by atoms with Crippen molar-refractivity contribution in [1.29, 1.82) is 0 Å². The Labute approximate surface area is 87.7 Å². The van der Waals surface area contributed by atoms with Gasteiger partial charge in [0, 0.05) is 6.54 Å². The Morgan fingerprint density at radius 2 is 2.40 bits per heavy atom. The third-order valence-corrected chi connectivity index (χ3v) is 1.78. The van der Waals surface area contributed by atoms with Gasteiger partial charge in [-0.05, 0) is 19.5 Å². The summed E-state index contributed by atoms with van der Waals surface area (Å²) < 4.78 is 4.91. The zero-order valence-electron chi connectivity index (χ0n) is 8.62. The van der Waals surface area contributed by atoms with Gasteiger partial charge in [0.25, 0.3) is 6.01 Å². The van der Waals surface area contributed by atoms with Gasteiger partial charge in [0.15, 0.2) is 5.69 Å². The second kappa shape index (κ2) is 6.02. The number of anilines is 1. The maximum atomic E-state index is 10.5. The first-order valence-corrected chi connectivity index (χ1v) is 4.87. The minimum Gasteiger partial charge on any atom is -0.476 e. The third kappa shape index (κ3) is 3.99. The molecule has 0 fully saturated rings. The molecule has 0 saturated carbocycles. The van der Waals surface area contributed by atoms with Gasteiger partial charge in [-0.1, -0.05) is 6.92 Å². The van der Waals surface area contributed by atoms with Crippen molar-refractivity contribution in [2.75, 3.05) is 25.0 Å². The summed E-state index contributed by atoms with van der Waals surface area (Å²) in [5.74, 6) is -1.08. The molecule has 3 N–H and O–H groups in total. The quantitative estimate of drug-likeness (QED) is 0.580. The maximum Gasteiger partial charge on any atom is 0.357 e. The monoisotopic (exact) mass is 213 g/mol. The van der Waals surface area contributed by atoms with E-state index >= 15 is 0 Å². The summed E-state index contributed by atoms with van der Waals surface area (Å²) in [6.07, 6.45) is 2.05. The van der Waals surface area contributed by atoms with Gasteiger partial charge in [-0.25, -0.2) is 4.79 Å². The molecule has 0 aliphatic heterocycles. The lowest BCUT2D eigenvalue weighted by atomic mass is 10.4. The summed E-state index contributed by atoms with van der Waals surface area (Å²) in [4.78, 5) is 14.2. The first-order chi connectivity index (χ1) is 7.24. The summed E-state index contributed by atoms with van der Waals surface area (Å²) in [6.45, 7) is 4.60. The summed E-state index contributed by atoms with van der Waals surface area (Å²) in [7, 11) is 0. The number of rotatable bonds is 7. The van der Waals surface area contributed by atoms with Gasteiger partial charge in [0.1, 0.15) is 6.26 Å². The van der Waals surface area contributed by atoms with Crippen LogP contribution >= 0.6 is 0 Å². The molecule has 84 valence electrons. The minimum atomic E-state index is -1.08. The molecule has 1 rings (SSSR count). The minimum absolute atomic E-state index is 0.0795. The van der Waals surface area contributed by atoms with Gasteiger partial charge in [-0.2, -0.15) is 4.98 Å². The molecular weight excluding hydrogens is 198 g/mol. The molecule has 15 heavy (non-hydrogen) atoms. The van der Waals surface area contributed by atoms with Gasteiger partial charge in [0.2, 0.25) is 0 Å². The summed E-state index contributed by atoms with van der Waals surface area (Å²) >= 11 is 0. The SMILES string of the molecule is CCNCCCNc1nc(C(=O)O)co1. The number of oxazole rings is 1. The number of nitrogens with one attached hydrogen (secondary N) is 2. The van der Waals surface area contributed by atoms with Crippen LogP contribution in [-0.2, 0) is 0 Å². The first-order valence-electron chi connectivity index (χ1n) is 4.87. The van der Waals surface area contributed by atoms with Crippen molar-refractivity contribution in [3.05, 3.63) is 12.0 Å². The van der Waals surface area contributed by atoms with E-state index in [0.29, 0.717) is 6.54 Å². The van der Waals surface area contributed by atoms with Gasteiger partial charge in [-0.3, -0.25) is 0 Å². The van der Waals surface area contributed by atoms with Crippen molar-refractivity contribution >= 4 is 12.0 Å². The molecule has 1 aromatic heterocycles. The predicted molar refractivity (Wildman–Crippen MR) is 55.1 cm³/mol. The average molecular weight is 213 g/mol. The summed E-state index contributed by atoms with van der Waals surface area (Å²) in [5.41, 5.74) is -0.0795. The zero-order chi connectivity index (χ0) is 11.1. The van der Waals surface area contributed by atoms with Crippen molar-refractivity contribution in [2.24, 2.45) is 0 Å². The Balaban J connectivity index is 2.23. The van der Waals surface area contributed by atoms with Crippen LogP contribution in [0.4, 0.5) is 6.01 Å². The topological polar surface area (TPSA) is 87.4 Å². The van der Waals surface area contributed by atoms with Crippen molar-refractivity contribution < 1.29 is 14.3 Å². The Morgan fingerprint density at radius 3 is 3.00 bits per heavy atom. The van der Waals surface area contributed by atoms with Crippen molar-refractivity contribution in [3.63, 3.8) is 0 Å². The van der Waals surface area contributed by atoms with Gasteiger partial charge in [-0.15, -0.1) is 0 Å². The lowest BCUT2D eigenvalue weighted by Crippen LogP contribution is -2.17. The van der Waals surface area contributed by atoms with E-state index in [1.807, 2.05) is 6.92 Å². The van der Waals surface area contributed by atoms with E-state index in [0.717, 1.165) is 25.8 Å². The van der Waals surface area contributed by atoms with Crippen LogP contribution in [0.3, 0.4) is 0 Å². The zero-order valence-corrected chi connectivity index (χ0v) is 8.62. The van der Waals surface area contributed by atoms with Crippen LogP contribution < -0.4 is 10.6 Å². The van der Waals surface area contributed by atoms with Crippen LogP contribution in [0.1, 0.15) is 23.8 Å². The number of hydrogen-bond donors (Lipinski definition) is 3. The molecule has 0 aliphatic rings. The lowest BCUT2D eigenvalue weighted by Gasteiger charge is -2.01. The first kappa shape index (κ1) is 11.5. The number of carbonyl (C=O) groups is 1. The highest BCUT2D eigenvalue weighted by molar-refractivity contribution is 5.85. The molecule has 0 saturated heterocycles. The third-order valence-electron chi connectivity index (χ3n) is 1.78. The molecule has 0 amide bonds. The van der Waals surface area contributed by atoms with E-state index in [-0.39, 0.29) is 11.7 Å². The maximum absolute atomic E-state index is 10.5. The molecule has 0 aromatic carbocycles. The van der Waals surface area contributed by atoms with Crippen LogP contribution in [-0.4, -0.2) is 35.7 Å². The fourth-order valence-corrected chi connectivity index (χ4v) is 1.04. The Bertz CT molecular complexity index is 311. The van der Waals surface area contributed by atoms with Crippen LogP contribution in [0.25, 0.3) is 0 Å². The lowest BCUT2D eigenvalue weighted by molar-refractivity contribution is 0.0690. The second-order valence-electron chi connectivity index (χ2n) is 2.98. The normalized spacial score (nSPS) is 10.2. The number of hydrogen-bond acceptors (Lipinski definition) is 5. The fourth-order valence-electron chi connectivity index (χ4n) is 1.04. The van der Waals surface area contributed by atoms with Crippen LogP contribution in [0, 0.1) is 0 Å². The molecule has 0 radical (unpaired) electrons. The highest BCUT2D eigenvalue weighted by Crippen LogP contribution is 2.06. The van der Waals surface area contributed by atoms with E-state index in [9.17, 15) is 4.79 Å². The van der Waals surface area contributed by atoms with E-state index in [2.05, 4.69) is 15.6 Å². The molecule has 0 bridgehead atoms. The van der Waals surface area contributed by atoms with E-state index in [4.69, 9.17) is 9.52 Å². The molecule has 0 unspecified atom stereocenters. The van der Waals surface area contributed by atoms with Crippen molar-refractivity contribution in [1.82, 2.24) is 10.3 Å². The van der Waals surface area contributed by atoms with Gasteiger partial charge >= 0.3 is 5.97 Å². The van der Waals surface area contributed by atoms with Crippen molar-refractivity contribution in [2.45, 2.75) is 13.3 Å². The smallest absolute Gasteiger partial charge is 0.357 e. The molecule has 1 heterocycles. The summed E-state index contributed by atoms with van der Waals surface area (Å²) in [5, 5.41) is 14.6. The van der Waals surface area contributed by atoms with Crippen LogP contribution in [0.2, 0.25) is 0 Å². The van der Waals surface area contributed by atoms with Crippen LogP contribution in [0.5, 0.6) is 0 Å². The summed E-state index contributed by atoms with van der Waals surface area (Å²) in [6, 6.07) is 0.254. The van der Waals surface area contributed by atoms with E-state index in [1.54, 1.807) is 0 Å². The van der Waals surface area contributed by atoms with Crippen LogP contribution in [0.15, 0.2) is 10.7 Å². The molecule has 0 atom stereocenters. The molecule has 6 nitrogen and oxygen atoms in total. The van der Waals surface area contributed by atoms with E-state index in [1.165, 1.54) is 0 Å². The Kier molecular flexibility index (Phi) is 4.62.